The molecule has 0 bridgehead atoms. The first-order chi connectivity index (χ1) is 13.0. The number of ether oxygens (including phenoxy) is 2. The third kappa shape index (κ3) is 4.23. The van der Waals surface area contributed by atoms with Gasteiger partial charge in [-0.3, -0.25) is 14.8 Å². The largest absolute Gasteiger partial charge is 0.466 e. The van der Waals surface area contributed by atoms with E-state index in [1.54, 1.807) is 48.8 Å². The van der Waals surface area contributed by atoms with E-state index in [1.807, 2.05) is 12.1 Å². The molecule has 2 N–H and O–H groups in total. The van der Waals surface area contributed by atoms with Gasteiger partial charge in [-0.25, -0.2) is 5.48 Å². The van der Waals surface area contributed by atoms with Crippen LogP contribution >= 0.6 is 11.6 Å². The lowest BCUT2D eigenvalue weighted by atomic mass is 9.93. The molecule has 2 aromatic carbocycles. The van der Waals surface area contributed by atoms with Gasteiger partial charge in [0, 0.05) is 5.02 Å². The first-order valence-electron chi connectivity index (χ1n) is 8.62. The molecule has 2 aromatic rings. The fraction of sp³-hybridized carbons (Fsp3) is 0.300. The van der Waals surface area contributed by atoms with Gasteiger partial charge in [-0.2, -0.15) is 0 Å². The molecule has 0 aromatic heterocycles. The van der Waals surface area contributed by atoms with E-state index in [-0.39, 0.29) is 6.61 Å². The minimum absolute atomic E-state index is 0.237. The molecular weight excluding hydrogens is 370 g/mol. The lowest BCUT2D eigenvalue weighted by Crippen LogP contribution is -2.30. The molecule has 142 valence electrons. The SMILES string of the molecule is CCOC(=O)[C@@]1(Cc2ccc(Oc3cccc(Cl)c3)cc2)C[C@@H]1C(=O)NO. The van der Waals surface area contributed by atoms with Gasteiger partial charge in [0.1, 0.15) is 11.5 Å². The second kappa shape index (κ2) is 7.98. The van der Waals surface area contributed by atoms with E-state index < -0.39 is 23.2 Å². The number of amides is 1. The quantitative estimate of drug-likeness (QED) is 0.428. The van der Waals surface area contributed by atoms with Gasteiger partial charge < -0.3 is 9.47 Å². The van der Waals surface area contributed by atoms with E-state index in [4.69, 9.17) is 26.3 Å². The lowest BCUT2D eigenvalue weighted by Gasteiger charge is -2.16. The van der Waals surface area contributed by atoms with Crippen molar-refractivity contribution in [2.45, 2.75) is 19.8 Å². The van der Waals surface area contributed by atoms with Crippen LogP contribution in [0, 0.1) is 11.3 Å². The van der Waals surface area contributed by atoms with Crippen molar-refractivity contribution in [2.75, 3.05) is 6.61 Å². The van der Waals surface area contributed by atoms with Crippen LogP contribution in [0.5, 0.6) is 11.5 Å². The zero-order chi connectivity index (χ0) is 19.4. The van der Waals surface area contributed by atoms with E-state index in [0.29, 0.717) is 29.4 Å². The molecule has 0 aliphatic heterocycles. The van der Waals surface area contributed by atoms with Crippen molar-refractivity contribution >= 4 is 23.5 Å². The van der Waals surface area contributed by atoms with Crippen LogP contribution in [0.25, 0.3) is 0 Å². The molecule has 0 saturated heterocycles. The number of hydrogen-bond donors (Lipinski definition) is 2. The molecule has 27 heavy (non-hydrogen) atoms. The number of esters is 1. The monoisotopic (exact) mass is 389 g/mol. The highest BCUT2D eigenvalue weighted by Gasteiger charge is 2.64. The van der Waals surface area contributed by atoms with Crippen LogP contribution in [-0.4, -0.2) is 23.7 Å². The minimum atomic E-state index is -0.932. The minimum Gasteiger partial charge on any atom is -0.466 e. The van der Waals surface area contributed by atoms with E-state index in [1.165, 1.54) is 0 Å². The van der Waals surface area contributed by atoms with Crippen LogP contribution in [0.3, 0.4) is 0 Å². The van der Waals surface area contributed by atoms with Crippen molar-refractivity contribution < 1.29 is 24.3 Å². The summed E-state index contributed by atoms with van der Waals surface area (Å²) in [5.74, 6) is -0.322. The maximum absolute atomic E-state index is 12.4. The fourth-order valence-electron chi connectivity index (χ4n) is 3.20. The first-order valence-corrected chi connectivity index (χ1v) is 9.00. The van der Waals surface area contributed by atoms with Crippen molar-refractivity contribution in [2.24, 2.45) is 11.3 Å². The van der Waals surface area contributed by atoms with Gasteiger partial charge in [0.15, 0.2) is 0 Å². The Hall–Kier alpha value is -2.57. The van der Waals surface area contributed by atoms with E-state index in [2.05, 4.69) is 0 Å². The first kappa shape index (κ1) is 19.2. The number of carbonyl (C=O) groups is 2. The Labute approximate surface area is 162 Å². The molecule has 1 aliphatic rings. The summed E-state index contributed by atoms with van der Waals surface area (Å²) < 4.78 is 10.9. The van der Waals surface area contributed by atoms with E-state index in [9.17, 15) is 9.59 Å². The number of hydrogen-bond acceptors (Lipinski definition) is 5. The average Bonchev–Trinajstić information content (AvgIpc) is 3.38. The van der Waals surface area contributed by atoms with Crippen molar-refractivity contribution in [3.8, 4) is 11.5 Å². The summed E-state index contributed by atoms with van der Waals surface area (Å²) in [6.45, 7) is 1.96. The standard InChI is InChI=1S/C20H20ClNO5/c1-2-26-19(24)20(12-17(20)18(23)22-25)11-13-6-8-15(9-7-13)27-16-5-3-4-14(21)10-16/h3-10,17,25H,2,11-12H2,1H3,(H,22,23)/t17-,20+/m1/s1. The highest BCUT2D eigenvalue weighted by molar-refractivity contribution is 6.30. The van der Waals surface area contributed by atoms with Gasteiger partial charge in [-0.1, -0.05) is 29.8 Å². The highest BCUT2D eigenvalue weighted by Crippen LogP contribution is 2.56. The number of carbonyl (C=O) groups excluding carboxylic acids is 2. The second-order valence-electron chi connectivity index (χ2n) is 6.49. The van der Waals surface area contributed by atoms with Crippen LogP contribution in [0.4, 0.5) is 0 Å². The van der Waals surface area contributed by atoms with E-state index >= 15 is 0 Å². The summed E-state index contributed by atoms with van der Waals surface area (Å²) in [5.41, 5.74) is 1.57. The topological polar surface area (TPSA) is 84.9 Å². The summed E-state index contributed by atoms with van der Waals surface area (Å²) in [5, 5.41) is 9.46. The summed E-state index contributed by atoms with van der Waals surface area (Å²) in [6.07, 6.45) is 0.695. The van der Waals surface area contributed by atoms with Gasteiger partial charge >= 0.3 is 5.97 Å². The molecule has 2 atom stereocenters. The predicted octanol–water partition coefficient (Wildman–Crippen LogP) is 3.75. The molecule has 7 heteroatoms. The van der Waals surface area contributed by atoms with Crippen LogP contribution in [0.15, 0.2) is 48.5 Å². The number of benzene rings is 2. The Kier molecular flexibility index (Phi) is 5.68. The molecule has 0 heterocycles. The number of hydroxylamine groups is 1. The van der Waals surface area contributed by atoms with Crippen LogP contribution in [0.2, 0.25) is 5.02 Å². The Balaban J connectivity index is 1.72. The number of nitrogens with one attached hydrogen (secondary N) is 1. The fourth-order valence-corrected chi connectivity index (χ4v) is 3.38. The van der Waals surface area contributed by atoms with Crippen molar-refractivity contribution in [1.82, 2.24) is 5.48 Å². The maximum atomic E-state index is 12.4. The van der Waals surface area contributed by atoms with Gasteiger partial charge in [0.05, 0.1) is 17.9 Å². The van der Waals surface area contributed by atoms with Crippen molar-refractivity contribution in [3.63, 3.8) is 0 Å². The van der Waals surface area contributed by atoms with E-state index in [0.717, 1.165) is 5.56 Å². The Morgan fingerprint density at radius 1 is 1.22 bits per heavy atom. The van der Waals surface area contributed by atoms with Crippen LogP contribution in [-0.2, 0) is 20.7 Å². The average molecular weight is 390 g/mol. The normalized spacial score (nSPS) is 20.6. The molecular formula is C20H20ClNO5. The van der Waals surface area contributed by atoms with Crippen molar-refractivity contribution in [3.05, 3.63) is 59.1 Å². The maximum Gasteiger partial charge on any atom is 0.313 e. The Morgan fingerprint density at radius 3 is 2.59 bits per heavy atom. The Morgan fingerprint density at radius 2 is 1.96 bits per heavy atom. The molecule has 0 spiro atoms. The molecule has 1 amide bonds. The van der Waals surface area contributed by atoms with Crippen molar-refractivity contribution in [1.29, 1.82) is 0 Å². The summed E-state index contributed by atoms with van der Waals surface area (Å²) in [7, 11) is 0. The molecule has 6 nitrogen and oxygen atoms in total. The van der Waals surface area contributed by atoms with Gasteiger partial charge in [-0.05, 0) is 55.7 Å². The Bertz CT molecular complexity index is 839. The summed E-state index contributed by atoms with van der Waals surface area (Å²) in [6, 6.07) is 14.3. The second-order valence-corrected chi connectivity index (χ2v) is 6.93. The van der Waals surface area contributed by atoms with Gasteiger partial charge in [-0.15, -0.1) is 0 Å². The smallest absolute Gasteiger partial charge is 0.313 e. The van der Waals surface area contributed by atoms with Crippen LogP contribution < -0.4 is 10.2 Å². The zero-order valence-electron chi connectivity index (χ0n) is 14.8. The molecule has 0 unspecified atom stereocenters. The molecule has 0 radical (unpaired) electrons. The van der Waals surface area contributed by atoms with Gasteiger partial charge in [0.25, 0.3) is 0 Å². The lowest BCUT2D eigenvalue weighted by molar-refractivity contribution is -0.152. The highest BCUT2D eigenvalue weighted by atomic mass is 35.5. The molecule has 1 fully saturated rings. The third-order valence-corrected chi connectivity index (χ3v) is 4.89. The number of rotatable bonds is 7. The summed E-state index contributed by atoms with van der Waals surface area (Å²) >= 11 is 5.95. The van der Waals surface area contributed by atoms with Crippen LogP contribution in [0.1, 0.15) is 18.9 Å². The molecule has 1 saturated carbocycles. The molecule has 3 rings (SSSR count). The zero-order valence-corrected chi connectivity index (χ0v) is 15.5. The number of halogens is 1. The molecule has 1 aliphatic carbocycles. The predicted molar refractivity (Wildman–Crippen MR) is 98.8 cm³/mol. The third-order valence-electron chi connectivity index (χ3n) is 4.66. The summed E-state index contributed by atoms with van der Waals surface area (Å²) in [4.78, 5) is 24.2. The van der Waals surface area contributed by atoms with Gasteiger partial charge in [0.2, 0.25) is 5.91 Å².